The Balaban J connectivity index is 2.00. The topological polar surface area (TPSA) is 22.1 Å². The highest BCUT2D eigenvalue weighted by Crippen LogP contribution is 2.39. The van der Waals surface area contributed by atoms with E-state index in [1.54, 1.807) is 0 Å². The van der Waals surface area contributed by atoms with Crippen LogP contribution in [0.2, 0.25) is 0 Å². The molecule has 0 amide bonds. The molecular formula is C16H25NO. The molecule has 0 aromatic carbocycles. The maximum Gasteiger partial charge on any atom is 0.0719 e. The van der Waals surface area contributed by atoms with Gasteiger partial charge in [-0.25, -0.2) is 0 Å². The van der Waals surface area contributed by atoms with Gasteiger partial charge < -0.3 is 4.74 Å². The summed E-state index contributed by atoms with van der Waals surface area (Å²) < 4.78 is 5.89. The van der Waals surface area contributed by atoms with Crippen LogP contribution in [0.15, 0.2) is 24.5 Å². The molecule has 2 rings (SSSR count). The quantitative estimate of drug-likeness (QED) is 0.806. The minimum atomic E-state index is 0.0622. The van der Waals surface area contributed by atoms with Crippen molar-refractivity contribution < 1.29 is 4.74 Å². The Morgan fingerprint density at radius 2 is 1.89 bits per heavy atom. The van der Waals surface area contributed by atoms with Crippen LogP contribution in [-0.4, -0.2) is 17.7 Å². The van der Waals surface area contributed by atoms with E-state index in [0.29, 0.717) is 0 Å². The summed E-state index contributed by atoms with van der Waals surface area (Å²) in [7, 11) is 1.87. The lowest BCUT2D eigenvalue weighted by Gasteiger charge is -2.40. The van der Waals surface area contributed by atoms with E-state index in [9.17, 15) is 0 Å². The largest absolute Gasteiger partial charge is 0.378 e. The van der Waals surface area contributed by atoms with E-state index in [-0.39, 0.29) is 5.60 Å². The van der Waals surface area contributed by atoms with Gasteiger partial charge in [0.1, 0.15) is 0 Å². The van der Waals surface area contributed by atoms with Crippen LogP contribution in [0.3, 0.4) is 0 Å². The molecule has 1 aliphatic carbocycles. The van der Waals surface area contributed by atoms with Crippen molar-refractivity contribution in [3.63, 3.8) is 0 Å². The normalized spacial score (nSPS) is 28.6. The smallest absolute Gasteiger partial charge is 0.0719 e. The molecule has 2 heteroatoms. The summed E-state index contributed by atoms with van der Waals surface area (Å²) in [4.78, 5) is 4.08. The first kappa shape index (κ1) is 13.5. The number of hydrogen-bond donors (Lipinski definition) is 0. The van der Waals surface area contributed by atoms with E-state index in [2.05, 4.69) is 31.0 Å². The zero-order valence-electron chi connectivity index (χ0n) is 11.9. The van der Waals surface area contributed by atoms with Gasteiger partial charge >= 0.3 is 0 Å². The van der Waals surface area contributed by atoms with Crippen molar-refractivity contribution in [3.05, 3.63) is 30.1 Å². The number of aromatic nitrogens is 1. The van der Waals surface area contributed by atoms with Crippen LogP contribution >= 0.6 is 0 Å². The molecular weight excluding hydrogens is 222 g/mol. The minimum Gasteiger partial charge on any atom is -0.378 e. The molecule has 18 heavy (non-hydrogen) atoms. The Labute approximate surface area is 111 Å². The molecule has 1 aliphatic rings. The lowest BCUT2D eigenvalue weighted by Crippen LogP contribution is -2.39. The predicted octanol–water partition coefficient (Wildman–Crippen LogP) is 3.86. The molecule has 100 valence electrons. The summed E-state index contributed by atoms with van der Waals surface area (Å²) in [6, 6.07) is 4.21. The highest BCUT2D eigenvalue weighted by molar-refractivity contribution is 5.13. The second-order valence-corrected chi connectivity index (χ2v) is 6.00. The highest BCUT2D eigenvalue weighted by Gasteiger charge is 2.36. The zero-order chi connectivity index (χ0) is 13.0. The van der Waals surface area contributed by atoms with Gasteiger partial charge in [-0.05, 0) is 55.2 Å². The standard InChI is InChI=1S/C16H25NO/c1-13(2)15-4-8-16(18-3,9-5-15)12-14-6-10-17-11-7-14/h6-7,10-11,13,15H,4-5,8-9,12H2,1-3H3. The molecule has 1 aromatic rings. The van der Waals surface area contributed by atoms with Crippen LogP contribution in [0, 0.1) is 11.8 Å². The summed E-state index contributed by atoms with van der Waals surface area (Å²) in [5.41, 5.74) is 1.40. The second-order valence-electron chi connectivity index (χ2n) is 6.00. The van der Waals surface area contributed by atoms with E-state index >= 15 is 0 Å². The average Bonchev–Trinajstić information content (AvgIpc) is 2.40. The Morgan fingerprint density at radius 1 is 1.28 bits per heavy atom. The van der Waals surface area contributed by atoms with Crippen molar-refractivity contribution in [1.82, 2.24) is 4.98 Å². The van der Waals surface area contributed by atoms with Gasteiger partial charge in [0.15, 0.2) is 0 Å². The molecule has 0 saturated heterocycles. The third-order valence-corrected chi connectivity index (χ3v) is 4.59. The second kappa shape index (κ2) is 5.83. The van der Waals surface area contributed by atoms with Crippen molar-refractivity contribution in [2.24, 2.45) is 11.8 Å². The van der Waals surface area contributed by atoms with Crippen LogP contribution < -0.4 is 0 Å². The summed E-state index contributed by atoms with van der Waals surface area (Å²) >= 11 is 0. The number of nitrogens with zero attached hydrogens (tertiary/aromatic N) is 1. The van der Waals surface area contributed by atoms with Crippen molar-refractivity contribution in [3.8, 4) is 0 Å². The molecule has 0 aliphatic heterocycles. The molecule has 0 radical (unpaired) electrons. The van der Waals surface area contributed by atoms with Gasteiger partial charge in [-0.15, -0.1) is 0 Å². The Morgan fingerprint density at radius 3 is 2.39 bits per heavy atom. The zero-order valence-corrected chi connectivity index (χ0v) is 11.9. The van der Waals surface area contributed by atoms with Gasteiger partial charge in [-0.3, -0.25) is 4.98 Å². The molecule has 0 atom stereocenters. The minimum absolute atomic E-state index is 0.0622. The lowest BCUT2D eigenvalue weighted by molar-refractivity contribution is -0.0525. The Hall–Kier alpha value is -0.890. The maximum absolute atomic E-state index is 5.89. The summed E-state index contributed by atoms with van der Waals surface area (Å²) in [5.74, 6) is 1.69. The maximum atomic E-state index is 5.89. The van der Waals surface area contributed by atoms with E-state index in [0.717, 1.165) is 18.3 Å². The van der Waals surface area contributed by atoms with Crippen molar-refractivity contribution >= 4 is 0 Å². The first-order valence-corrected chi connectivity index (χ1v) is 7.09. The van der Waals surface area contributed by atoms with Crippen LogP contribution in [0.4, 0.5) is 0 Å². The number of rotatable bonds is 4. The molecule has 0 spiro atoms. The third-order valence-electron chi connectivity index (χ3n) is 4.59. The summed E-state index contributed by atoms with van der Waals surface area (Å²) in [6.07, 6.45) is 9.75. The number of pyridine rings is 1. The van der Waals surface area contributed by atoms with Crippen molar-refractivity contribution in [2.45, 2.75) is 51.6 Å². The summed E-state index contributed by atoms with van der Waals surface area (Å²) in [6.45, 7) is 4.68. The van der Waals surface area contributed by atoms with Crippen LogP contribution in [-0.2, 0) is 11.2 Å². The van der Waals surface area contributed by atoms with E-state index in [4.69, 9.17) is 4.74 Å². The Kier molecular flexibility index (Phi) is 4.39. The van der Waals surface area contributed by atoms with Crippen molar-refractivity contribution in [1.29, 1.82) is 0 Å². The first-order valence-electron chi connectivity index (χ1n) is 7.09. The first-order chi connectivity index (χ1) is 8.65. The fraction of sp³-hybridized carbons (Fsp3) is 0.688. The van der Waals surface area contributed by atoms with Crippen LogP contribution in [0.1, 0.15) is 45.1 Å². The number of ether oxygens (including phenoxy) is 1. The molecule has 0 bridgehead atoms. The number of methoxy groups -OCH3 is 1. The van der Waals surface area contributed by atoms with Gasteiger partial charge in [-0.2, -0.15) is 0 Å². The molecule has 0 unspecified atom stereocenters. The van der Waals surface area contributed by atoms with Gasteiger partial charge in [-0.1, -0.05) is 13.8 Å². The molecule has 1 heterocycles. The van der Waals surface area contributed by atoms with Crippen molar-refractivity contribution in [2.75, 3.05) is 7.11 Å². The molecule has 2 nitrogen and oxygen atoms in total. The van der Waals surface area contributed by atoms with Crippen LogP contribution in [0.5, 0.6) is 0 Å². The fourth-order valence-electron chi connectivity index (χ4n) is 3.16. The average molecular weight is 247 g/mol. The molecule has 1 fully saturated rings. The fourth-order valence-corrected chi connectivity index (χ4v) is 3.16. The van der Waals surface area contributed by atoms with Gasteiger partial charge in [0.25, 0.3) is 0 Å². The van der Waals surface area contributed by atoms with E-state index in [1.165, 1.54) is 31.2 Å². The SMILES string of the molecule is COC1(Cc2ccncc2)CCC(C(C)C)CC1. The monoisotopic (exact) mass is 247 g/mol. The molecule has 1 saturated carbocycles. The van der Waals surface area contributed by atoms with E-state index < -0.39 is 0 Å². The molecule has 1 aromatic heterocycles. The van der Waals surface area contributed by atoms with Crippen LogP contribution in [0.25, 0.3) is 0 Å². The third kappa shape index (κ3) is 3.11. The van der Waals surface area contributed by atoms with Gasteiger partial charge in [0.2, 0.25) is 0 Å². The van der Waals surface area contributed by atoms with Gasteiger partial charge in [0.05, 0.1) is 5.60 Å². The lowest BCUT2D eigenvalue weighted by atomic mass is 9.72. The van der Waals surface area contributed by atoms with E-state index in [1.807, 2.05) is 19.5 Å². The highest BCUT2D eigenvalue weighted by atomic mass is 16.5. The molecule has 0 N–H and O–H groups in total. The van der Waals surface area contributed by atoms with Gasteiger partial charge in [0, 0.05) is 25.9 Å². The predicted molar refractivity (Wildman–Crippen MR) is 74.5 cm³/mol. The number of hydrogen-bond acceptors (Lipinski definition) is 2. The Bertz CT molecular complexity index is 353. The summed E-state index contributed by atoms with van der Waals surface area (Å²) in [5, 5.41) is 0.